The van der Waals surface area contributed by atoms with Crippen LogP contribution in [0.1, 0.15) is 26.5 Å². The molecule has 2 aromatic heterocycles. The highest BCUT2D eigenvalue weighted by atomic mass is 79.9. The van der Waals surface area contributed by atoms with Gasteiger partial charge in [0.1, 0.15) is 5.69 Å². The fraction of sp³-hybridized carbons (Fsp3) is 0. The van der Waals surface area contributed by atoms with Gasteiger partial charge in [-0.05, 0) is 37.9 Å². The van der Waals surface area contributed by atoms with Gasteiger partial charge in [0.2, 0.25) is 5.78 Å². The topological polar surface area (TPSA) is 83.0 Å². The lowest BCUT2D eigenvalue weighted by molar-refractivity contribution is 0.0687. The van der Waals surface area contributed by atoms with Crippen LogP contribution in [0.15, 0.2) is 20.0 Å². The normalized spacial score (nSPS) is 10.5. The fourth-order valence-corrected chi connectivity index (χ4v) is 4.05. The molecular weight excluding hydrogens is 376 g/mol. The van der Waals surface area contributed by atoms with Crippen LogP contribution in [0.3, 0.4) is 0 Å². The highest BCUT2D eigenvalue weighted by Gasteiger charge is 2.23. The van der Waals surface area contributed by atoms with E-state index in [1.165, 1.54) is 17.7 Å². The van der Waals surface area contributed by atoms with E-state index in [0.717, 1.165) is 3.79 Å². The molecule has 2 heterocycles. The van der Waals surface area contributed by atoms with E-state index in [1.807, 2.05) is 0 Å². The van der Waals surface area contributed by atoms with Crippen LogP contribution in [0.4, 0.5) is 0 Å². The largest absolute Gasteiger partial charge is 0.477 e. The van der Waals surface area contributed by atoms with Crippen molar-refractivity contribution in [1.82, 2.24) is 9.97 Å². The molecule has 0 spiro atoms. The van der Waals surface area contributed by atoms with E-state index in [4.69, 9.17) is 5.11 Å². The summed E-state index contributed by atoms with van der Waals surface area (Å²) in [5.74, 6) is -1.64. The minimum atomic E-state index is -1.21. The van der Waals surface area contributed by atoms with E-state index in [2.05, 4.69) is 41.8 Å². The number of aromatic amines is 1. The number of carbonyl (C=O) groups is 2. The Morgan fingerprint density at radius 2 is 2.12 bits per heavy atom. The summed E-state index contributed by atoms with van der Waals surface area (Å²) in [5, 5.41) is 8.88. The zero-order valence-electron chi connectivity index (χ0n) is 8.03. The van der Waals surface area contributed by atoms with Crippen LogP contribution >= 0.6 is 43.2 Å². The molecule has 0 amide bonds. The zero-order chi connectivity index (χ0) is 12.6. The van der Waals surface area contributed by atoms with E-state index >= 15 is 0 Å². The van der Waals surface area contributed by atoms with Gasteiger partial charge >= 0.3 is 5.97 Å². The van der Waals surface area contributed by atoms with Crippen molar-refractivity contribution in [2.75, 3.05) is 0 Å². The first-order valence-electron chi connectivity index (χ1n) is 4.27. The second-order valence-corrected chi connectivity index (χ2v) is 6.75. The summed E-state index contributed by atoms with van der Waals surface area (Å²) in [5.41, 5.74) is 0.0872. The molecule has 5 nitrogen and oxygen atoms in total. The number of ketones is 1. The molecule has 0 unspecified atom stereocenters. The number of rotatable bonds is 3. The van der Waals surface area contributed by atoms with Crippen LogP contribution in [0.2, 0.25) is 0 Å². The van der Waals surface area contributed by atoms with Crippen LogP contribution < -0.4 is 0 Å². The first kappa shape index (κ1) is 12.5. The van der Waals surface area contributed by atoms with Crippen molar-refractivity contribution in [3.8, 4) is 0 Å². The SMILES string of the molecule is O=C(c1cc(Br)sc1Br)c1nc[nH]c1C(=O)O. The minimum Gasteiger partial charge on any atom is -0.477 e. The summed E-state index contributed by atoms with van der Waals surface area (Å²) < 4.78 is 1.41. The van der Waals surface area contributed by atoms with E-state index in [1.54, 1.807) is 6.07 Å². The molecule has 2 aromatic rings. The number of H-pyrrole nitrogens is 1. The number of carbonyl (C=O) groups excluding carboxylic acids is 1. The van der Waals surface area contributed by atoms with Crippen molar-refractivity contribution in [2.45, 2.75) is 0 Å². The Hall–Kier alpha value is -0.990. The summed E-state index contributed by atoms with van der Waals surface area (Å²) in [6, 6.07) is 1.62. The number of carboxylic acids is 1. The first-order valence-corrected chi connectivity index (χ1v) is 6.67. The van der Waals surface area contributed by atoms with Crippen LogP contribution in [0.5, 0.6) is 0 Å². The summed E-state index contributed by atoms with van der Waals surface area (Å²) >= 11 is 7.84. The molecule has 8 heteroatoms. The number of nitrogens with one attached hydrogen (secondary N) is 1. The number of halogens is 2. The molecule has 2 N–H and O–H groups in total. The number of carboxylic acid groups (broad SMARTS) is 1. The lowest BCUT2D eigenvalue weighted by Gasteiger charge is -1.96. The Kier molecular flexibility index (Phi) is 3.45. The van der Waals surface area contributed by atoms with Gasteiger partial charge in [-0.25, -0.2) is 9.78 Å². The van der Waals surface area contributed by atoms with E-state index in [-0.39, 0.29) is 11.4 Å². The van der Waals surface area contributed by atoms with Gasteiger partial charge in [-0.3, -0.25) is 4.79 Å². The Morgan fingerprint density at radius 1 is 1.41 bits per heavy atom. The second-order valence-electron chi connectivity index (χ2n) is 3.00. The first-order chi connectivity index (χ1) is 8.00. The molecule has 88 valence electrons. The van der Waals surface area contributed by atoms with Gasteiger partial charge in [0, 0.05) is 0 Å². The predicted octanol–water partition coefficient (Wildman–Crippen LogP) is 2.93. The molecule has 0 aromatic carbocycles. The molecule has 0 radical (unpaired) electrons. The van der Waals surface area contributed by atoms with Crippen LogP contribution in [0, 0.1) is 0 Å². The molecule has 0 aliphatic carbocycles. The molecule has 0 bridgehead atoms. The average Bonchev–Trinajstić information content (AvgIpc) is 2.83. The van der Waals surface area contributed by atoms with Gasteiger partial charge in [-0.1, -0.05) is 0 Å². The number of hydrogen-bond acceptors (Lipinski definition) is 4. The highest BCUT2D eigenvalue weighted by molar-refractivity contribution is 9.12. The third kappa shape index (κ3) is 2.33. The number of hydrogen-bond donors (Lipinski definition) is 2. The molecule has 0 fully saturated rings. The number of nitrogens with zero attached hydrogens (tertiary/aromatic N) is 1. The number of aromatic carboxylic acids is 1. The van der Waals surface area contributed by atoms with Gasteiger partial charge < -0.3 is 10.1 Å². The molecule has 0 aliphatic heterocycles. The van der Waals surface area contributed by atoms with Gasteiger partial charge in [-0.2, -0.15) is 0 Å². The molecule has 0 atom stereocenters. The van der Waals surface area contributed by atoms with Gasteiger partial charge in [0.05, 0.1) is 19.5 Å². The summed E-state index contributed by atoms with van der Waals surface area (Å²) in [6.07, 6.45) is 1.19. The Bertz CT molecular complexity index is 605. The lowest BCUT2D eigenvalue weighted by Crippen LogP contribution is -2.09. The third-order valence-electron chi connectivity index (χ3n) is 1.97. The van der Waals surface area contributed by atoms with Gasteiger partial charge in [0.15, 0.2) is 5.69 Å². The maximum absolute atomic E-state index is 12.1. The molecule has 0 saturated heterocycles. The monoisotopic (exact) mass is 378 g/mol. The third-order valence-corrected chi connectivity index (χ3v) is 4.31. The Labute approximate surface area is 116 Å². The Morgan fingerprint density at radius 3 is 2.65 bits per heavy atom. The summed E-state index contributed by atoms with van der Waals surface area (Å²) in [7, 11) is 0. The average molecular weight is 380 g/mol. The molecule has 0 saturated carbocycles. The van der Waals surface area contributed by atoms with Crippen molar-refractivity contribution in [3.63, 3.8) is 0 Å². The maximum Gasteiger partial charge on any atom is 0.354 e. The number of aromatic nitrogens is 2. The lowest BCUT2D eigenvalue weighted by atomic mass is 10.1. The highest BCUT2D eigenvalue weighted by Crippen LogP contribution is 2.33. The quantitative estimate of drug-likeness (QED) is 0.803. The predicted molar refractivity (Wildman–Crippen MR) is 68.7 cm³/mol. The van der Waals surface area contributed by atoms with Gasteiger partial charge in [0.25, 0.3) is 0 Å². The van der Waals surface area contributed by atoms with E-state index < -0.39 is 11.8 Å². The smallest absolute Gasteiger partial charge is 0.354 e. The standard InChI is InChI=1S/C9H4Br2N2O3S/c10-4-1-3(8(11)17-4)7(14)5-6(9(15)16)13-2-12-5/h1-2H,(H,12,13)(H,15,16). The van der Waals surface area contributed by atoms with Crippen LogP contribution in [-0.2, 0) is 0 Å². The van der Waals surface area contributed by atoms with Crippen LogP contribution in [-0.4, -0.2) is 26.8 Å². The minimum absolute atomic E-state index is 0.0940. The van der Waals surface area contributed by atoms with Gasteiger partial charge in [-0.15, -0.1) is 11.3 Å². The van der Waals surface area contributed by atoms with E-state index in [9.17, 15) is 9.59 Å². The number of imidazole rings is 1. The summed E-state index contributed by atoms with van der Waals surface area (Å²) in [6.45, 7) is 0. The van der Waals surface area contributed by atoms with Crippen molar-refractivity contribution in [2.24, 2.45) is 0 Å². The Balaban J connectivity index is 2.47. The van der Waals surface area contributed by atoms with Crippen molar-refractivity contribution >= 4 is 54.9 Å². The van der Waals surface area contributed by atoms with Crippen molar-refractivity contribution < 1.29 is 14.7 Å². The molecule has 0 aliphatic rings. The van der Waals surface area contributed by atoms with Crippen LogP contribution in [0.25, 0.3) is 0 Å². The second kappa shape index (κ2) is 4.71. The molecule has 17 heavy (non-hydrogen) atoms. The number of thiophene rings is 1. The summed E-state index contributed by atoms with van der Waals surface area (Å²) in [4.78, 5) is 29.1. The maximum atomic E-state index is 12.1. The molecule has 2 rings (SSSR count). The van der Waals surface area contributed by atoms with E-state index in [0.29, 0.717) is 9.35 Å². The van der Waals surface area contributed by atoms with Crippen molar-refractivity contribution in [3.05, 3.63) is 36.9 Å². The van der Waals surface area contributed by atoms with Crippen molar-refractivity contribution in [1.29, 1.82) is 0 Å². The fourth-order valence-electron chi connectivity index (χ4n) is 1.25. The molecular formula is C9H4Br2N2O3S. The zero-order valence-corrected chi connectivity index (χ0v) is 12.0.